The molecular weight excluding hydrogens is 388 g/mol. The Morgan fingerprint density at radius 2 is 2.11 bits per heavy atom. The van der Waals surface area contributed by atoms with E-state index in [9.17, 15) is 20.1 Å². The average molecular weight is 406 g/mol. The van der Waals surface area contributed by atoms with Crippen molar-refractivity contribution in [2.45, 2.75) is 24.5 Å². The summed E-state index contributed by atoms with van der Waals surface area (Å²) in [6.07, 6.45) is -2.65. The Hall–Kier alpha value is -2.57. The highest BCUT2D eigenvalue weighted by Gasteiger charge is 2.53. The van der Waals surface area contributed by atoms with Gasteiger partial charge in [0.05, 0.1) is 13.2 Å². The highest BCUT2D eigenvalue weighted by Crippen LogP contribution is 2.36. The maximum atomic E-state index is 12.7. The van der Waals surface area contributed by atoms with Crippen molar-refractivity contribution in [2.75, 3.05) is 18.9 Å². The number of fused-ring (bicyclic) bond motifs is 1. The number of thiazole rings is 1. The van der Waals surface area contributed by atoms with E-state index in [0.29, 0.717) is 0 Å². The summed E-state index contributed by atoms with van der Waals surface area (Å²) < 4.78 is 12.1. The second kappa shape index (κ2) is 7.11. The third-order valence-electron chi connectivity index (χ3n) is 4.58. The lowest BCUT2D eigenvalue weighted by Gasteiger charge is -2.30. The molecule has 10 nitrogen and oxygen atoms in total. The van der Waals surface area contributed by atoms with Crippen molar-refractivity contribution in [3.8, 4) is 5.88 Å². The van der Waals surface area contributed by atoms with Crippen LogP contribution in [0.4, 0.5) is 5.95 Å². The number of aromatic nitrogens is 3. The molecule has 0 bridgehead atoms. The number of rotatable bonds is 5. The van der Waals surface area contributed by atoms with E-state index in [2.05, 4.69) is 9.97 Å². The van der Waals surface area contributed by atoms with Gasteiger partial charge in [-0.15, -0.1) is 0 Å². The SMILES string of the molecule is Nc1nc(OCc2ccccc2)c2sc(=O)n([C@@]3(O)[C@@H](O)CO[C@@H]3CO)c2n1. The molecule has 0 spiro atoms. The van der Waals surface area contributed by atoms with Crippen molar-refractivity contribution >= 4 is 27.6 Å². The van der Waals surface area contributed by atoms with Gasteiger partial charge in [-0.1, -0.05) is 41.7 Å². The summed E-state index contributed by atoms with van der Waals surface area (Å²) >= 11 is 0.743. The van der Waals surface area contributed by atoms with Crippen LogP contribution in [0.5, 0.6) is 5.88 Å². The van der Waals surface area contributed by atoms with Gasteiger partial charge in [0.25, 0.3) is 0 Å². The molecule has 3 atom stereocenters. The van der Waals surface area contributed by atoms with E-state index in [0.717, 1.165) is 21.5 Å². The van der Waals surface area contributed by atoms with Crippen molar-refractivity contribution in [3.05, 3.63) is 45.6 Å². The van der Waals surface area contributed by atoms with Gasteiger partial charge in [-0.3, -0.25) is 4.79 Å². The third kappa shape index (κ3) is 2.93. The van der Waals surface area contributed by atoms with Gasteiger partial charge < -0.3 is 30.5 Å². The summed E-state index contributed by atoms with van der Waals surface area (Å²) in [6, 6.07) is 9.35. The zero-order chi connectivity index (χ0) is 19.9. The quantitative estimate of drug-likeness (QED) is 0.435. The molecule has 3 heterocycles. The molecule has 1 saturated heterocycles. The summed E-state index contributed by atoms with van der Waals surface area (Å²) in [5, 5.41) is 30.8. The van der Waals surface area contributed by atoms with Crippen molar-refractivity contribution < 1.29 is 24.8 Å². The molecule has 11 heteroatoms. The van der Waals surface area contributed by atoms with Gasteiger partial charge in [-0.25, -0.2) is 4.57 Å². The van der Waals surface area contributed by atoms with Crippen molar-refractivity contribution in [1.82, 2.24) is 14.5 Å². The van der Waals surface area contributed by atoms with E-state index in [1.807, 2.05) is 30.3 Å². The minimum atomic E-state index is -2.19. The monoisotopic (exact) mass is 406 g/mol. The average Bonchev–Trinajstić information content (AvgIpc) is 3.17. The van der Waals surface area contributed by atoms with E-state index in [1.54, 1.807) is 0 Å². The van der Waals surface area contributed by atoms with Gasteiger partial charge in [0.2, 0.25) is 17.6 Å². The van der Waals surface area contributed by atoms with E-state index in [1.165, 1.54) is 0 Å². The number of nitrogens with two attached hydrogens (primary N) is 1. The highest BCUT2D eigenvalue weighted by atomic mass is 32.1. The molecular formula is C17H18N4O6S. The molecule has 1 fully saturated rings. The number of nitrogen functional groups attached to an aromatic ring is 1. The van der Waals surface area contributed by atoms with Crippen LogP contribution < -0.4 is 15.3 Å². The predicted octanol–water partition coefficient (Wildman–Crippen LogP) is -0.589. The molecule has 1 aliphatic rings. The van der Waals surface area contributed by atoms with Crippen LogP contribution in [0.15, 0.2) is 35.1 Å². The summed E-state index contributed by atoms with van der Waals surface area (Å²) in [7, 11) is 0. The second-order valence-corrected chi connectivity index (χ2v) is 7.28. The van der Waals surface area contributed by atoms with Crippen LogP contribution >= 0.6 is 11.3 Å². The largest absolute Gasteiger partial charge is 0.472 e. The number of ether oxygens (including phenoxy) is 2. The first-order chi connectivity index (χ1) is 13.4. The minimum Gasteiger partial charge on any atom is -0.472 e. The second-order valence-electron chi connectivity index (χ2n) is 6.32. The number of aliphatic hydroxyl groups excluding tert-OH is 2. The van der Waals surface area contributed by atoms with E-state index < -0.39 is 29.4 Å². The number of anilines is 1. The molecule has 5 N–H and O–H groups in total. The minimum absolute atomic E-state index is 0.00365. The number of benzene rings is 1. The molecule has 0 radical (unpaired) electrons. The fraction of sp³-hybridized carbons (Fsp3) is 0.353. The molecule has 148 valence electrons. The molecule has 3 aromatic rings. The maximum Gasteiger partial charge on any atom is 0.312 e. The third-order valence-corrected chi connectivity index (χ3v) is 5.50. The molecule has 28 heavy (non-hydrogen) atoms. The highest BCUT2D eigenvalue weighted by molar-refractivity contribution is 7.16. The Morgan fingerprint density at radius 1 is 1.36 bits per heavy atom. The smallest absolute Gasteiger partial charge is 0.312 e. The van der Waals surface area contributed by atoms with Crippen LogP contribution in [-0.2, 0) is 17.1 Å². The zero-order valence-corrected chi connectivity index (χ0v) is 15.4. The number of aliphatic hydroxyl groups is 3. The van der Waals surface area contributed by atoms with E-state index >= 15 is 0 Å². The Morgan fingerprint density at radius 3 is 2.82 bits per heavy atom. The fourth-order valence-electron chi connectivity index (χ4n) is 3.18. The summed E-state index contributed by atoms with van der Waals surface area (Å²) in [5.74, 6) is -0.0792. The van der Waals surface area contributed by atoms with Crippen LogP contribution in [-0.4, -0.2) is 55.3 Å². The van der Waals surface area contributed by atoms with Crippen LogP contribution in [0.3, 0.4) is 0 Å². The van der Waals surface area contributed by atoms with Crippen LogP contribution in [0.1, 0.15) is 5.56 Å². The lowest BCUT2D eigenvalue weighted by Crippen LogP contribution is -2.53. The van der Waals surface area contributed by atoms with Gasteiger partial charge in [-0.05, 0) is 5.56 Å². The van der Waals surface area contributed by atoms with Gasteiger partial charge in [-0.2, -0.15) is 9.97 Å². The van der Waals surface area contributed by atoms with Crippen LogP contribution in [0.25, 0.3) is 10.3 Å². The lowest BCUT2D eigenvalue weighted by molar-refractivity contribution is -0.149. The topological polar surface area (TPSA) is 153 Å². The van der Waals surface area contributed by atoms with Crippen molar-refractivity contribution in [2.24, 2.45) is 0 Å². The Bertz CT molecular complexity index is 1050. The molecule has 0 aliphatic carbocycles. The number of nitrogens with zero attached hydrogens (tertiary/aromatic N) is 3. The lowest BCUT2D eigenvalue weighted by atomic mass is 10.0. The van der Waals surface area contributed by atoms with Gasteiger partial charge in [0, 0.05) is 0 Å². The number of hydrogen-bond donors (Lipinski definition) is 4. The number of hydrogen-bond acceptors (Lipinski definition) is 10. The first-order valence-corrected chi connectivity index (χ1v) is 9.26. The summed E-state index contributed by atoms with van der Waals surface area (Å²) in [6.45, 7) is -0.660. The molecule has 4 rings (SSSR count). The van der Waals surface area contributed by atoms with Crippen molar-refractivity contribution in [3.63, 3.8) is 0 Å². The molecule has 0 amide bonds. The van der Waals surface area contributed by atoms with Gasteiger partial charge in [0.15, 0.2) is 5.65 Å². The van der Waals surface area contributed by atoms with Crippen LogP contribution in [0, 0.1) is 0 Å². The van der Waals surface area contributed by atoms with E-state index in [4.69, 9.17) is 15.2 Å². The predicted molar refractivity (Wildman–Crippen MR) is 99.9 cm³/mol. The molecule has 0 saturated carbocycles. The Labute approximate surface area is 162 Å². The summed E-state index contributed by atoms with van der Waals surface area (Å²) in [4.78, 5) is 20.2. The normalized spacial score (nSPS) is 24.7. The van der Waals surface area contributed by atoms with Crippen LogP contribution in [0.2, 0.25) is 0 Å². The standard InChI is InChI=1S/C17H18N4O6S/c18-15-19-13-12(14(20-15)27-7-9-4-2-1-3-5-9)28-16(24)21(13)17(25)10(23)8-26-11(17)6-22/h1-5,10-11,22-23,25H,6-8H2,(H2,18,19,20)/t10-,11+,17+/m0/s1. The summed E-state index contributed by atoms with van der Waals surface area (Å²) in [5.41, 5.74) is 4.47. The first-order valence-electron chi connectivity index (χ1n) is 8.44. The van der Waals surface area contributed by atoms with Crippen molar-refractivity contribution in [1.29, 1.82) is 0 Å². The Balaban J connectivity index is 1.81. The zero-order valence-electron chi connectivity index (χ0n) is 14.6. The molecule has 2 aromatic heterocycles. The van der Waals surface area contributed by atoms with E-state index in [-0.39, 0.29) is 35.4 Å². The van der Waals surface area contributed by atoms with Gasteiger partial charge >= 0.3 is 4.87 Å². The molecule has 0 unspecified atom stereocenters. The molecule has 1 aliphatic heterocycles. The fourth-order valence-corrected chi connectivity index (χ4v) is 4.10. The Kier molecular flexibility index (Phi) is 4.77. The maximum absolute atomic E-state index is 12.7. The van der Waals surface area contributed by atoms with Gasteiger partial charge in [0.1, 0.15) is 23.5 Å². The first kappa shape index (κ1) is 18.8. The molecule has 1 aromatic carbocycles.